The Morgan fingerprint density at radius 3 is 2.88 bits per heavy atom. The summed E-state index contributed by atoms with van der Waals surface area (Å²) in [7, 11) is 0. The van der Waals surface area contributed by atoms with E-state index in [1.54, 1.807) is 9.80 Å². The van der Waals surface area contributed by atoms with Crippen LogP contribution in [0.5, 0.6) is 0 Å². The average Bonchev–Trinajstić information content (AvgIpc) is 2.64. The standard InChI is InChI=1S/C12H18N2O2/c1-3-7-13(8-4-2)12(16)10-14-9-5-6-11(14)15/h1H,4-10H2,2H3. The molecule has 0 aliphatic carbocycles. The van der Waals surface area contributed by atoms with Crippen molar-refractivity contribution in [3.05, 3.63) is 0 Å². The maximum atomic E-state index is 11.9. The van der Waals surface area contributed by atoms with E-state index in [9.17, 15) is 9.59 Å². The van der Waals surface area contributed by atoms with Crippen molar-refractivity contribution in [1.82, 2.24) is 9.80 Å². The number of amides is 2. The van der Waals surface area contributed by atoms with Gasteiger partial charge in [0.05, 0.1) is 13.1 Å². The van der Waals surface area contributed by atoms with Crippen molar-refractivity contribution in [2.45, 2.75) is 26.2 Å². The Morgan fingerprint density at radius 2 is 2.38 bits per heavy atom. The number of carbonyl (C=O) groups excluding carboxylic acids is 2. The van der Waals surface area contributed by atoms with Crippen molar-refractivity contribution in [3.63, 3.8) is 0 Å². The van der Waals surface area contributed by atoms with E-state index >= 15 is 0 Å². The molecule has 0 radical (unpaired) electrons. The molecule has 0 aromatic rings. The summed E-state index contributed by atoms with van der Waals surface area (Å²) in [4.78, 5) is 26.5. The van der Waals surface area contributed by atoms with Crippen molar-refractivity contribution in [3.8, 4) is 12.3 Å². The molecule has 1 aliphatic heterocycles. The highest BCUT2D eigenvalue weighted by Crippen LogP contribution is 2.09. The average molecular weight is 222 g/mol. The van der Waals surface area contributed by atoms with Gasteiger partial charge in [0, 0.05) is 19.5 Å². The smallest absolute Gasteiger partial charge is 0.242 e. The number of likely N-dealkylation sites (tertiary alicyclic amines) is 1. The lowest BCUT2D eigenvalue weighted by molar-refractivity contribution is -0.138. The molecule has 4 nitrogen and oxygen atoms in total. The molecule has 0 spiro atoms. The van der Waals surface area contributed by atoms with E-state index in [0.29, 0.717) is 26.1 Å². The van der Waals surface area contributed by atoms with E-state index in [1.165, 1.54) is 0 Å². The van der Waals surface area contributed by atoms with Gasteiger partial charge in [0.1, 0.15) is 0 Å². The molecule has 4 heteroatoms. The van der Waals surface area contributed by atoms with Crippen LogP contribution in [0.25, 0.3) is 0 Å². The highest BCUT2D eigenvalue weighted by atomic mass is 16.2. The highest BCUT2D eigenvalue weighted by Gasteiger charge is 2.24. The van der Waals surface area contributed by atoms with Gasteiger partial charge in [-0.15, -0.1) is 6.42 Å². The van der Waals surface area contributed by atoms with Crippen LogP contribution in [-0.2, 0) is 9.59 Å². The monoisotopic (exact) mass is 222 g/mol. The van der Waals surface area contributed by atoms with Crippen LogP contribution < -0.4 is 0 Å². The Balaban J connectivity index is 2.48. The van der Waals surface area contributed by atoms with Gasteiger partial charge in [-0.1, -0.05) is 12.8 Å². The molecule has 1 fully saturated rings. The maximum absolute atomic E-state index is 11.9. The zero-order chi connectivity index (χ0) is 12.0. The fourth-order valence-electron chi connectivity index (χ4n) is 1.81. The van der Waals surface area contributed by atoms with Gasteiger partial charge in [-0.2, -0.15) is 0 Å². The molecule has 1 rings (SSSR count). The van der Waals surface area contributed by atoms with Crippen LogP contribution in [0.1, 0.15) is 26.2 Å². The molecule has 1 heterocycles. The Morgan fingerprint density at radius 1 is 1.62 bits per heavy atom. The third-order valence-corrected chi connectivity index (χ3v) is 2.63. The SMILES string of the molecule is C#CCN(CCC)C(=O)CN1CCCC1=O. The van der Waals surface area contributed by atoms with Crippen LogP contribution >= 0.6 is 0 Å². The van der Waals surface area contributed by atoms with E-state index in [-0.39, 0.29) is 18.4 Å². The first-order valence-corrected chi connectivity index (χ1v) is 5.68. The fraction of sp³-hybridized carbons (Fsp3) is 0.667. The van der Waals surface area contributed by atoms with E-state index in [4.69, 9.17) is 6.42 Å². The maximum Gasteiger partial charge on any atom is 0.242 e. The number of terminal acetylenes is 1. The molecule has 0 N–H and O–H groups in total. The van der Waals surface area contributed by atoms with Gasteiger partial charge in [-0.25, -0.2) is 0 Å². The Kier molecular flexibility index (Phi) is 4.84. The van der Waals surface area contributed by atoms with Crippen LogP contribution in [-0.4, -0.2) is 47.8 Å². The van der Waals surface area contributed by atoms with Gasteiger partial charge in [0.15, 0.2) is 0 Å². The molecule has 88 valence electrons. The normalized spacial score (nSPS) is 15.0. The van der Waals surface area contributed by atoms with Crippen molar-refractivity contribution in [2.24, 2.45) is 0 Å². The quantitative estimate of drug-likeness (QED) is 0.635. The third kappa shape index (κ3) is 3.27. The fourth-order valence-corrected chi connectivity index (χ4v) is 1.81. The molecule has 0 atom stereocenters. The lowest BCUT2D eigenvalue weighted by Gasteiger charge is -2.23. The number of hydrogen-bond donors (Lipinski definition) is 0. The van der Waals surface area contributed by atoms with Crippen LogP contribution in [0.3, 0.4) is 0 Å². The number of hydrogen-bond acceptors (Lipinski definition) is 2. The summed E-state index contributed by atoms with van der Waals surface area (Å²) < 4.78 is 0. The lowest BCUT2D eigenvalue weighted by Crippen LogP contribution is -2.41. The minimum atomic E-state index is -0.0462. The second-order valence-electron chi connectivity index (χ2n) is 3.94. The molecule has 1 saturated heterocycles. The van der Waals surface area contributed by atoms with Gasteiger partial charge < -0.3 is 9.80 Å². The molecule has 0 aromatic heterocycles. The minimum Gasteiger partial charge on any atom is -0.333 e. The predicted octanol–water partition coefficient (Wildman–Crippen LogP) is 0.481. The molecule has 0 unspecified atom stereocenters. The van der Waals surface area contributed by atoms with Crippen LogP contribution in [0.4, 0.5) is 0 Å². The minimum absolute atomic E-state index is 0.0462. The summed E-state index contributed by atoms with van der Waals surface area (Å²) >= 11 is 0. The summed E-state index contributed by atoms with van der Waals surface area (Å²) in [5.41, 5.74) is 0. The summed E-state index contributed by atoms with van der Waals surface area (Å²) in [6, 6.07) is 0. The Hall–Kier alpha value is -1.50. The van der Waals surface area contributed by atoms with Gasteiger partial charge >= 0.3 is 0 Å². The molecule has 2 amide bonds. The molecule has 16 heavy (non-hydrogen) atoms. The second kappa shape index (κ2) is 6.16. The molecular weight excluding hydrogens is 204 g/mol. The van der Waals surface area contributed by atoms with Crippen LogP contribution in [0, 0.1) is 12.3 Å². The largest absolute Gasteiger partial charge is 0.333 e. The van der Waals surface area contributed by atoms with E-state index in [1.807, 2.05) is 6.92 Å². The van der Waals surface area contributed by atoms with Crippen molar-refractivity contribution >= 4 is 11.8 Å². The Bertz CT molecular complexity index is 307. The van der Waals surface area contributed by atoms with E-state index < -0.39 is 0 Å². The summed E-state index contributed by atoms with van der Waals surface area (Å²) in [6.45, 7) is 3.86. The first-order chi connectivity index (χ1) is 7.69. The third-order valence-electron chi connectivity index (χ3n) is 2.63. The number of nitrogens with zero attached hydrogens (tertiary/aromatic N) is 2. The summed E-state index contributed by atoms with van der Waals surface area (Å²) in [5.74, 6) is 2.50. The van der Waals surface area contributed by atoms with E-state index in [2.05, 4.69) is 5.92 Å². The predicted molar refractivity (Wildman–Crippen MR) is 61.5 cm³/mol. The van der Waals surface area contributed by atoms with Gasteiger partial charge in [0.2, 0.25) is 11.8 Å². The van der Waals surface area contributed by atoms with E-state index in [0.717, 1.165) is 12.8 Å². The van der Waals surface area contributed by atoms with Gasteiger partial charge in [0.25, 0.3) is 0 Å². The Labute approximate surface area is 96.6 Å². The van der Waals surface area contributed by atoms with Crippen molar-refractivity contribution < 1.29 is 9.59 Å². The zero-order valence-electron chi connectivity index (χ0n) is 9.74. The molecule has 0 aromatic carbocycles. The first-order valence-electron chi connectivity index (χ1n) is 5.68. The second-order valence-corrected chi connectivity index (χ2v) is 3.94. The van der Waals surface area contributed by atoms with Gasteiger partial charge in [-0.3, -0.25) is 9.59 Å². The lowest BCUT2D eigenvalue weighted by atomic mass is 10.3. The van der Waals surface area contributed by atoms with Crippen molar-refractivity contribution in [1.29, 1.82) is 0 Å². The summed E-state index contributed by atoms with van der Waals surface area (Å²) in [5, 5.41) is 0. The van der Waals surface area contributed by atoms with Gasteiger partial charge in [-0.05, 0) is 12.8 Å². The topological polar surface area (TPSA) is 40.6 Å². The molecule has 1 aliphatic rings. The van der Waals surface area contributed by atoms with Crippen LogP contribution in [0.2, 0.25) is 0 Å². The number of rotatable bonds is 5. The number of carbonyl (C=O) groups is 2. The zero-order valence-corrected chi connectivity index (χ0v) is 9.74. The molecule has 0 bridgehead atoms. The molecule has 0 saturated carbocycles. The highest BCUT2D eigenvalue weighted by molar-refractivity contribution is 5.86. The van der Waals surface area contributed by atoms with Crippen molar-refractivity contribution in [2.75, 3.05) is 26.2 Å². The van der Waals surface area contributed by atoms with Crippen LogP contribution in [0.15, 0.2) is 0 Å². The first kappa shape index (κ1) is 12.6. The summed E-state index contributed by atoms with van der Waals surface area (Å²) in [6.07, 6.45) is 7.51. The molecular formula is C12H18N2O2.